The Morgan fingerprint density at radius 1 is 1.09 bits per heavy atom. The second-order valence-corrected chi connectivity index (χ2v) is 7.74. The molecule has 2 aromatic carbocycles. The standard InChI is InChI=1S/C23H23ClF2N4O2/c1-30(22(31)10-11-27-23(32)19-9-8-17(26)13-20(19)24)12-2-3-18-14-21(29-28-18)15-4-6-16(25)7-5-15/h4-9,13-14H,2-3,10-12H2,1H3,(H,27,32)(H,28,29). The summed E-state index contributed by atoms with van der Waals surface area (Å²) in [6.07, 6.45) is 1.57. The van der Waals surface area contributed by atoms with E-state index in [-0.39, 0.29) is 35.3 Å². The molecule has 2 amide bonds. The van der Waals surface area contributed by atoms with Gasteiger partial charge in [-0.2, -0.15) is 5.10 Å². The number of aromatic amines is 1. The molecule has 168 valence electrons. The van der Waals surface area contributed by atoms with E-state index in [0.29, 0.717) is 13.0 Å². The van der Waals surface area contributed by atoms with Gasteiger partial charge >= 0.3 is 0 Å². The van der Waals surface area contributed by atoms with Crippen molar-refractivity contribution in [3.8, 4) is 11.3 Å². The van der Waals surface area contributed by atoms with Crippen LogP contribution < -0.4 is 5.32 Å². The molecular weight excluding hydrogens is 438 g/mol. The van der Waals surface area contributed by atoms with Gasteiger partial charge in [-0.1, -0.05) is 11.6 Å². The summed E-state index contributed by atoms with van der Waals surface area (Å²) in [6.45, 7) is 0.693. The van der Waals surface area contributed by atoms with E-state index in [1.54, 1.807) is 24.1 Å². The Bertz CT molecular complexity index is 1090. The number of aromatic nitrogens is 2. The molecule has 1 heterocycles. The van der Waals surface area contributed by atoms with Crippen LogP contribution in [-0.2, 0) is 11.2 Å². The minimum atomic E-state index is -0.523. The van der Waals surface area contributed by atoms with Gasteiger partial charge in [0.15, 0.2) is 0 Å². The van der Waals surface area contributed by atoms with Crippen molar-refractivity contribution in [2.45, 2.75) is 19.3 Å². The summed E-state index contributed by atoms with van der Waals surface area (Å²) in [6, 6.07) is 11.6. The number of aryl methyl sites for hydroxylation is 1. The lowest BCUT2D eigenvalue weighted by Gasteiger charge is -2.17. The molecule has 32 heavy (non-hydrogen) atoms. The summed E-state index contributed by atoms with van der Waals surface area (Å²) in [5.41, 5.74) is 2.65. The molecule has 9 heteroatoms. The molecule has 0 saturated carbocycles. The lowest BCUT2D eigenvalue weighted by atomic mass is 10.1. The van der Waals surface area contributed by atoms with Gasteiger partial charge in [-0.3, -0.25) is 14.7 Å². The zero-order chi connectivity index (χ0) is 23.1. The molecule has 0 spiro atoms. The van der Waals surface area contributed by atoms with E-state index in [2.05, 4.69) is 15.5 Å². The Balaban J connectivity index is 1.38. The molecule has 0 saturated heterocycles. The highest BCUT2D eigenvalue weighted by Gasteiger charge is 2.13. The summed E-state index contributed by atoms with van der Waals surface area (Å²) in [5, 5.41) is 9.85. The Morgan fingerprint density at radius 3 is 2.53 bits per heavy atom. The summed E-state index contributed by atoms with van der Waals surface area (Å²) < 4.78 is 26.1. The quantitative estimate of drug-likeness (QED) is 0.502. The van der Waals surface area contributed by atoms with Crippen molar-refractivity contribution in [3.63, 3.8) is 0 Å². The van der Waals surface area contributed by atoms with Crippen LogP contribution in [-0.4, -0.2) is 47.0 Å². The molecule has 1 aromatic heterocycles. The van der Waals surface area contributed by atoms with E-state index in [0.717, 1.165) is 35.5 Å². The van der Waals surface area contributed by atoms with Crippen LogP contribution >= 0.6 is 11.6 Å². The third kappa shape index (κ3) is 6.37. The van der Waals surface area contributed by atoms with E-state index >= 15 is 0 Å². The van der Waals surface area contributed by atoms with Crippen LogP contribution in [0.1, 0.15) is 28.9 Å². The number of H-pyrrole nitrogens is 1. The highest BCUT2D eigenvalue weighted by Crippen LogP contribution is 2.19. The first-order chi connectivity index (χ1) is 15.3. The molecule has 0 bridgehead atoms. The van der Waals surface area contributed by atoms with Gasteiger partial charge in [0.1, 0.15) is 11.6 Å². The molecule has 0 radical (unpaired) electrons. The minimum absolute atomic E-state index is 0.0207. The summed E-state index contributed by atoms with van der Waals surface area (Å²) in [4.78, 5) is 26.0. The second-order valence-electron chi connectivity index (χ2n) is 7.33. The minimum Gasteiger partial charge on any atom is -0.351 e. The van der Waals surface area contributed by atoms with E-state index < -0.39 is 11.7 Å². The van der Waals surface area contributed by atoms with Gasteiger partial charge in [0.2, 0.25) is 5.91 Å². The number of hydrogen-bond donors (Lipinski definition) is 2. The molecule has 0 atom stereocenters. The van der Waals surface area contributed by atoms with Gasteiger partial charge in [-0.15, -0.1) is 0 Å². The Kier molecular flexibility index (Phi) is 7.94. The lowest BCUT2D eigenvalue weighted by Crippen LogP contribution is -2.33. The summed E-state index contributed by atoms with van der Waals surface area (Å²) in [7, 11) is 1.71. The number of nitrogens with zero attached hydrogens (tertiary/aromatic N) is 2. The predicted molar refractivity (Wildman–Crippen MR) is 118 cm³/mol. The largest absolute Gasteiger partial charge is 0.351 e. The molecular formula is C23H23ClF2N4O2. The van der Waals surface area contributed by atoms with Gasteiger partial charge in [-0.25, -0.2) is 8.78 Å². The molecule has 0 aliphatic rings. The average molecular weight is 461 g/mol. The molecule has 6 nitrogen and oxygen atoms in total. The van der Waals surface area contributed by atoms with Crippen LogP contribution in [0.4, 0.5) is 8.78 Å². The van der Waals surface area contributed by atoms with E-state index in [9.17, 15) is 18.4 Å². The van der Waals surface area contributed by atoms with E-state index in [4.69, 9.17) is 11.6 Å². The zero-order valence-corrected chi connectivity index (χ0v) is 18.3. The summed E-state index contributed by atoms with van der Waals surface area (Å²) >= 11 is 5.87. The van der Waals surface area contributed by atoms with Crippen LogP contribution in [0.3, 0.4) is 0 Å². The van der Waals surface area contributed by atoms with Crippen molar-refractivity contribution in [2.75, 3.05) is 20.1 Å². The van der Waals surface area contributed by atoms with Crippen molar-refractivity contribution in [2.24, 2.45) is 0 Å². The van der Waals surface area contributed by atoms with Crippen LogP contribution in [0.25, 0.3) is 11.3 Å². The number of carbonyl (C=O) groups is 2. The fourth-order valence-corrected chi connectivity index (χ4v) is 3.39. The number of benzene rings is 2. The van der Waals surface area contributed by atoms with Gasteiger partial charge in [0.25, 0.3) is 5.91 Å². The van der Waals surface area contributed by atoms with Crippen molar-refractivity contribution in [1.82, 2.24) is 20.4 Å². The zero-order valence-electron chi connectivity index (χ0n) is 17.5. The first-order valence-corrected chi connectivity index (χ1v) is 10.5. The highest BCUT2D eigenvalue weighted by atomic mass is 35.5. The Morgan fingerprint density at radius 2 is 1.81 bits per heavy atom. The average Bonchev–Trinajstić information content (AvgIpc) is 3.22. The number of nitrogens with one attached hydrogen (secondary N) is 2. The van der Waals surface area contributed by atoms with Crippen molar-refractivity contribution < 1.29 is 18.4 Å². The molecule has 3 aromatic rings. The van der Waals surface area contributed by atoms with E-state index in [1.165, 1.54) is 18.2 Å². The van der Waals surface area contributed by atoms with E-state index in [1.807, 2.05) is 6.07 Å². The Labute approximate surface area is 189 Å². The van der Waals surface area contributed by atoms with Crippen molar-refractivity contribution in [3.05, 3.63) is 76.4 Å². The highest BCUT2D eigenvalue weighted by molar-refractivity contribution is 6.33. The second kappa shape index (κ2) is 10.9. The number of hydrogen-bond acceptors (Lipinski definition) is 3. The Hall–Kier alpha value is -3.26. The maximum Gasteiger partial charge on any atom is 0.252 e. The van der Waals surface area contributed by atoms with Crippen LogP contribution in [0.2, 0.25) is 5.02 Å². The first kappa shape index (κ1) is 23.4. The van der Waals surface area contributed by atoms with Gasteiger partial charge in [0.05, 0.1) is 16.3 Å². The van der Waals surface area contributed by atoms with Crippen molar-refractivity contribution in [1.29, 1.82) is 0 Å². The predicted octanol–water partition coefficient (Wildman–Crippen LogP) is 4.22. The third-order valence-corrected chi connectivity index (χ3v) is 5.25. The van der Waals surface area contributed by atoms with Crippen LogP contribution in [0.5, 0.6) is 0 Å². The van der Waals surface area contributed by atoms with Gasteiger partial charge in [0, 0.05) is 37.8 Å². The molecule has 0 unspecified atom stereocenters. The first-order valence-electron chi connectivity index (χ1n) is 10.1. The van der Waals surface area contributed by atoms with Crippen LogP contribution in [0.15, 0.2) is 48.5 Å². The normalized spacial score (nSPS) is 10.8. The number of rotatable bonds is 9. The maximum absolute atomic E-state index is 13.1. The third-order valence-electron chi connectivity index (χ3n) is 4.94. The topological polar surface area (TPSA) is 78.1 Å². The number of carbonyl (C=O) groups excluding carboxylic acids is 2. The number of amides is 2. The smallest absolute Gasteiger partial charge is 0.252 e. The lowest BCUT2D eigenvalue weighted by molar-refractivity contribution is -0.129. The van der Waals surface area contributed by atoms with Crippen LogP contribution in [0, 0.1) is 11.6 Å². The molecule has 0 fully saturated rings. The summed E-state index contributed by atoms with van der Waals surface area (Å²) in [5.74, 6) is -1.38. The molecule has 2 N–H and O–H groups in total. The number of halogens is 3. The fourth-order valence-electron chi connectivity index (χ4n) is 3.13. The van der Waals surface area contributed by atoms with Gasteiger partial charge < -0.3 is 10.2 Å². The van der Waals surface area contributed by atoms with Gasteiger partial charge in [-0.05, 0) is 61.4 Å². The molecule has 3 rings (SSSR count). The monoisotopic (exact) mass is 460 g/mol. The SMILES string of the molecule is CN(CCCc1cc(-c2ccc(F)cc2)n[nH]1)C(=O)CCNC(=O)c1ccc(F)cc1Cl. The molecule has 0 aliphatic carbocycles. The molecule has 0 aliphatic heterocycles. The fraction of sp³-hybridized carbons (Fsp3) is 0.261. The van der Waals surface area contributed by atoms with Crippen molar-refractivity contribution >= 4 is 23.4 Å². The maximum atomic E-state index is 13.1.